The zero-order valence-electron chi connectivity index (χ0n) is 14.5. The van der Waals surface area contributed by atoms with Crippen LogP contribution in [0.5, 0.6) is 0 Å². The number of hydrogen-bond donors (Lipinski definition) is 1. The summed E-state index contributed by atoms with van der Waals surface area (Å²) in [5.74, 6) is 0.952. The number of anilines is 1. The van der Waals surface area contributed by atoms with E-state index in [0.717, 1.165) is 36.5 Å². The number of carbonyl (C=O) groups is 1. The highest BCUT2D eigenvalue weighted by Crippen LogP contribution is 2.22. The molecule has 0 atom stereocenters. The first-order valence-electron chi connectivity index (χ1n) is 8.15. The summed E-state index contributed by atoms with van der Waals surface area (Å²) in [6, 6.07) is 2.00. The largest absolute Gasteiger partial charge is 0.444 e. The highest BCUT2D eigenvalue weighted by Gasteiger charge is 2.26. The molecule has 1 aromatic heterocycles. The van der Waals surface area contributed by atoms with Crippen LogP contribution in [0.3, 0.4) is 0 Å². The fourth-order valence-corrected chi connectivity index (χ4v) is 2.61. The summed E-state index contributed by atoms with van der Waals surface area (Å²) in [7, 11) is 0. The number of piperazine rings is 1. The van der Waals surface area contributed by atoms with Crippen molar-refractivity contribution in [1.82, 2.24) is 9.88 Å². The lowest BCUT2D eigenvalue weighted by molar-refractivity contribution is 0.0240. The van der Waals surface area contributed by atoms with Crippen LogP contribution < -0.4 is 4.90 Å². The monoisotopic (exact) mass is 321 g/mol. The molecule has 0 bridgehead atoms. The van der Waals surface area contributed by atoms with E-state index in [2.05, 4.69) is 16.8 Å². The summed E-state index contributed by atoms with van der Waals surface area (Å²) >= 11 is 0. The number of aromatic nitrogens is 1. The van der Waals surface area contributed by atoms with Gasteiger partial charge in [-0.1, -0.05) is 6.92 Å². The summed E-state index contributed by atoms with van der Waals surface area (Å²) in [6.45, 7) is 10.4. The van der Waals surface area contributed by atoms with Gasteiger partial charge in [-0.25, -0.2) is 9.78 Å². The highest BCUT2D eigenvalue weighted by atomic mass is 16.6. The molecule has 0 aliphatic carbocycles. The molecule has 1 aromatic rings. The number of aliphatic hydroxyl groups is 1. The van der Waals surface area contributed by atoms with Crippen LogP contribution in [0.4, 0.5) is 10.6 Å². The van der Waals surface area contributed by atoms with Gasteiger partial charge in [0.1, 0.15) is 11.4 Å². The van der Waals surface area contributed by atoms with Crippen molar-refractivity contribution >= 4 is 11.9 Å². The van der Waals surface area contributed by atoms with E-state index in [0.29, 0.717) is 13.1 Å². The summed E-state index contributed by atoms with van der Waals surface area (Å²) < 4.78 is 5.42. The topological polar surface area (TPSA) is 65.9 Å². The Morgan fingerprint density at radius 2 is 1.96 bits per heavy atom. The minimum absolute atomic E-state index is 0.00665. The second-order valence-electron chi connectivity index (χ2n) is 6.79. The van der Waals surface area contributed by atoms with Gasteiger partial charge in [0.05, 0.1) is 6.61 Å². The van der Waals surface area contributed by atoms with Gasteiger partial charge in [0.15, 0.2) is 0 Å². The number of pyridine rings is 1. The molecule has 128 valence electrons. The molecule has 1 aliphatic rings. The van der Waals surface area contributed by atoms with E-state index in [1.54, 1.807) is 11.1 Å². The summed E-state index contributed by atoms with van der Waals surface area (Å²) in [5.41, 5.74) is 1.49. The minimum atomic E-state index is -0.467. The van der Waals surface area contributed by atoms with Crippen molar-refractivity contribution in [2.24, 2.45) is 0 Å². The third kappa shape index (κ3) is 4.58. The molecule has 0 aromatic carbocycles. The number of ether oxygens (including phenoxy) is 1. The van der Waals surface area contributed by atoms with E-state index < -0.39 is 5.60 Å². The van der Waals surface area contributed by atoms with Crippen molar-refractivity contribution in [2.75, 3.05) is 31.1 Å². The Hall–Kier alpha value is -1.82. The van der Waals surface area contributed by atoms with Crippen LogP contribution in [0, 0.1) is 0 Å². The molecule has 2 rings (SSSR count). The third-order valence-electron chi connectivity index (χ3n) is 3.79. The molecule has 0 saturated carbocycles. The fraction of sp³-hybridized carbons (Fsp3) is 0.647. The second kappa shape index (κ2) is 7.17. The van der Waals surface area contributed by atoms with Crippen molar-refractivity contribution in [3.8, 4) is 0 Å². The zero-order chi connectivity index (χ0) is 17.0. The molecular weight excluding hydrogens is 294 g/mol. The van der Waals surface area contributed by atoms with Crippen LogP contribution in [0.25, 0.3) is 0 Å². The number of amides is 1. The van der Waals surface area contributed by atoms with Crippen molar-refractivity contribution in [2.45, 2.75) is 46.3 Å². The van der Waals surface area contributed by atoms with E-state index >= 15 is 0 Å². The van der Waals surface area contributed by atoms with Crippen LogP contribution in [0.1, 0.15) is 38.8 Å². The molecule has 0 radical (unpaired) electrons. The lowest BCUT2D eigenvalue weighted by Crippen LogP contribution is -2.50. The Kier molecular flexibility index (Phi) is 5.46. The SMILES string of the molecule is CCc1cc(CO)cnc1N1CCN(C(=O)OC(C)(C)C)CC1. The first-order valence-corrected chi connectivity index (χ1v) is 8.15. The van der Waals surface area contributed by atoms with Gasteiger partial charge in [0.2, 0.25) is 0 Å². The first-order chi connectivity index (χ1) is 10.8. The van der Waals surface area contributed by atoms with Crippen LogP contribution in [-0.4, -0.2) is 52.9 Å². The molecule has 1 N–H and O–H groups in total. The lowest BCUT2D eigenvalue weighted by atomic mass is 10.1. The zero-order valence-corrected chi connectivity index (χ0v) is 14.5. The normalized spacial score (nSPS) is 15.7. The van der Waals surface area contributed by atoms with Gasteiger partial charge in [0.25, 0.3) is 0 Å². The van der Waals surface area contributed by atoms with Gasteiger partial charge >= 0.3 is 6.09 Å². The van der Waals surface area contributed by atoms with Crippen molar-refractivity contribution in [1.29, 1.82) is 0 Å². The van der Waals surface area contributed by atoms with E-state index in [1.807, 2.05) is 26.8 Å². The molecule has 0 spiro atoms. The molecule has 0 unspecified atom stereocenters. The summed E-state index contributed by atoms with van der Waals surface area (Å²) in [4.78, 5) is 20.6. The van der Waals surface area contributed by atoms with Crippen LogP contribution in [-0.2, 0) is 17.8 Å². The molecule has 6 heteroatoms. The molecule has 23 heavy (non-hydrogen) atoms. The van der Waals surface area contributed by atoms with Crippen molar-refractivity contribution in [3.05, 3.63) is 23.4 Å². The van der Waals surface area contributed by atoms with Gasteiger partial charge in [-0.05, 0) is 44.4 Å². The predicted octanol–water partition coefficient (Wildman–Crippen LogP) is 2.19. The Morgan fingerprint density at radius 1 is 1.30 bits per heavy atom. The predicted molar refractivity (Wildman–Crippen MR) is 89.6 cm³/mol. The van der Waals surface area contributed by atoms with E-state index in [-0.39, 0.29) is 12.7 Å². The maximum absolute atomic E-state index is 12.1. The molecular formula is C17H27N3O3. The summed E-state index contributed by atoms with van der Waals surface area (Å²) in [5, 5.41) is 9.24. The van der Waals surface area contributed by atoms with Crippen LogP contribution >= 0.6 is 0 Å². The molecule has 1 amide bonds. The van der Waals surface area contributed by atoms with Crippen molar-refractivity contribution < 1.29 is 14.6 Å². The Bertz CT molecular complexity index is 547. The highest BCUT2D eigenvalue weighted by molar-refractivity contribution is 5.68. The van der Waals surface area contributed by atoms with Gasteiger partial charge < -0.3 is 19.6 Å². The third-order valence-corrected chi connectivity index (χ3v) is 3.79. The molecule has 1 saturated heterocycles. The number of rotatable bonds is 3. The average molecular weight is 321 g/mol. The number of aliphatic hydroxyl groups excluding tert-OH is 1. The maximum Gasteiger partial charge on any atom is 0.410 e. The number of nitrogens with zero attached hydrogens (tertiary/aromatic N) is 3. The van der Waals surface area contributed by atoms with Gasteiger partial charge in [-0.3, -0.25) is 0 Å². The van der Waals surface area contributed by atoms with Crippen LogP contribution in [0.2, 0.25) is 0 Å². The molecule has 1 fully saturated rings. The molecule has 2 heterocycles. The average Bonchev–Trinajstić information content (AvgIpc) is 2.52. The fourth-order valence-electron chi connectivity index (χ4n) is 2.61. The van der Waals surface area contributed by atoms with Crippen molar-refractivity contribution in [3.63, 3.8) is 0 Å². The maximum atomic E-state index is 12.1. The number of aryl methyl sites for hydroxylation is 1. The summed E-state index contributed by atoms with van der Waals surface area (Å²) in [6.07, 6.45) is 2.33. The Morgan fingerprint density at radius 3 is 2.48 bits per heavy atom. The standard InChI is InChI=1S/C17H27N3O3/c1-5-14-10-13(12-21)11-18-15(14)19-6-8-20(9-7-19)16(22)23-17(2,3)4/h10-11,21H,5-9,12H2,1-4H3. The smallest absolute Gasteiger partial charge is 0.410 e. The quantitative estimate of drug-likeness (QED) is 0.924. The second-order valence-corrected chi connectivity index (χ2v) is 6.79. The van der Waals surface area contributed by atoms with Gasteiger partial charge in [-0.2, -0.15) is 0 Å². The van der Waals surface area contributed by atoms with Gasteiger partial charge in [0, 0.05) is 32.4 Å². The Labute approximate surface area is 138 Å². The van der Waals surface area contributed by atoms with E-state index in [4.69, 9.17) is 4.74 Å². The molecule has 1 aliphatic heterocycles. The van der Waals surface area contributed by atoms with Crippen LogP contribution in [0.15, 0.2) is 12.3 Å². The van der Waals surface area contributed by atoms with Gasteiger partial charge in [-0.15, -0.1) is 0 Å². The first kappa shape index (κ1) is 17.5. The molecule has 6 nitrogen and oxygen atoms in total. The minimum Gasteiger partial charge on any atom is -0.444 e. The number of hydrogen-bond acceptors (Lipinski definition) is 5. The number of carbonyl (C=O) groups excluding carboxylic acids is 1. The van der Waals surface area contributed by atoms with E-state index in [9.17, 15) is 9.90 Å². The lowest BCUT2D eigenvalue weighted by Gasteiger charge is -2.36. The van der Waals surface area contributed by atoms with E-state index in [1.165, 1.54) is 0 Å². The Balaban J connectivity index is 2.00.